The first-order valence-electron chi connectivity index (χ1n) is 4.32. The van der Waals surface area contributed by atoms with Gasteiger partial charge in [0.25, 0.3) is 0 Å². The molecule has 1 rings (SSSR count). The zero-order chi connectivity index (χ0) is 11.3. The van der Waals surface area contributed by atoms with Crippen molar-refractivity contribution in [1.82, 2.24) is 0 Å². The monoisotopic (exact) mass is 286 g/mol. The molecule has 80 valence electrons. The van der Waals surface area contributed by atoms with Crippen molar-refractivity contribution in [1.29, 1.82) is 0 Å². The molecule has 0 fully saturated rings. The molecule has 5 heteroatoms. The minimum atomic E-state index is -0.560. The molecule has 0 aliphatic rings. The summed E-state index contributed by atoms with van der Waals surface area (Å²) < 4.78 is 5.66. The number of nitrogens with zero attached hydrogens (tertiary/aromatic N) is 1. The molecule has 3 nitrogen and oxygen atoms in total. The molecule has 15 heavy (non-hydrogen) atoms. The molecule has 0 heterocycles. The fourth-order valence-corrected chi connectivity index (χ4v) is 1.30. The van der Waals surface area contributed by atoms with E-state index in [4.69, 9.17) is 17.4 Å². The molecular weight excluding hydrogens is 278 g/mol. The van der Waals surface area contributed by atoms with Gasteiger partial charge in [-0.15, -0.1) is 0 Å². The van der Waals surface area contributed by atoms with Crippen LogP contribution in [0, 0.1) is 0 Å². The predicted molar refractivity (Wildman–Crippen MR) is 65.2 cm³/mol. The Hall–Kier alpha value is -0.940. The molecule has 0 saturated heterocycles. The highest BCUT2D eigenvalue weighted by atomic mass is 79.9. The number of rotatable bonds is 3. The molecule has 0 spiro atoms. The second-order valence-electron chi connectivity index (χ2n) is 2.61. The summed E-state index contributed by atoms with van der Waals surface area (Å²) in [5, 5.41) is -0.0563. The summed E-state index contributed by atoms with van der Waals surface area (Å²) in [6, 6.07) is 7.17. The Morgan fingerprint density at radius 1 is 1.47 bits per heavy atom. The minimum absolute atomic E-state index is 0.0563. The second kappa shape index (κ2) is 5.82. The van der Waals surface area contributed by atoms with Crippen LogP contribution in [0.1, 0.15) is 6.92 Å². The third kappa shape index (κ3) is 3.97. The molecule has 0 aliphatic heterocycles. The molecular formula is C10H9BrNO2S-. The molecule has 0 radical (unpaired) electrons. The number of halogens is 1. The number of ether oxygens (including phenoxy) is 1. The van der Waals surface area contributed by atoms with Crippen molar-refractivity contribution in [2.75, 3.05) is 6.61 Å². The molecule has 0 aliphatic carbocycles. The Kier molecular flexibility index (Phi) is 4.71. The Bertz CT molecular complexity index is 376. The lowest BCUT2D eigenvalue weighted by Crippen LogP contribution is -2.14. The lowest BCUT2D eigenvalue weighted by atomic mass is 10.3. The Labute approximate surface area is 102 Å². The van der Waals surface area contributed by atoms with Gasteiger partial charge >= 0.3 is 5.97 Å². The van der Waals surface area contributed by atoms with Crippen molar-refractivity contribution in [2.24, 2.45) is 4.99 Å². The maximum atomic E-state index is 11.1. The number of benzene rings is 1. The fourth-order valence-electron chi connectivity index (χ4n) is 0.871. The maximum absolute atomic E-state index is 11.1. The van der Waals surface area contributed by atoms with Crippen molar-refractivity contribution in [3.8, 4) is 0 Å². The summed E-state index contributed by atoms with van der Waals surface area (Å²) in [5.74, 6) is -0.560. The average molecular weight is 287 g/mol. The van der Waals surface area contributed by atoms with Gasteiger partial charge in [0.2, 0.25) is 0 Å². The van der Waals surface area contributed by atoms with Crippen LogP contribution in [0.2, 0.25) is 0 Å². The normalized spacial score (nSPS) is 11.2. The topological polar surface area (TPSA) is 38.7 Å². The summed E-state index contributed by atoms with van der Waals surface area (Å²) in [4.78, 5) is 15.1. The number of esters is 1. The first-order valence-corrected chi connectivity index (χ1v) is 5.52. The first-order chi connectivity index (χ1) is 7.13. The zero-order valence-corrected chi connectivity index (χ0v) is 10.5. The highest BCUT2D eigenvalue weighted by Gasteiger charge is 1.98. The van der Waals surface area contributed by atoms with E-state index in [2.05, 4.69) is 20.9 Å². The third-order valence-corrected chi connectivity index (χ3v) is 2.29. The van der Waals surface area contributed by atoms with Crippen molar-refractivity contribution < 1.29 is 9.53 Å². The van der Waals surface area contributed by atoms with Gasteiger partial charge in [-0.2, -0.15) is 0 Å². The van der Waals surface area contributed by atoms with Gasteiger partial charge in [0, 0.05) is 9.52 Å². The molecule has 0 bridgehead atoms. The van der Waals surface area contributed by atoms with Crippen molar-refractivity contribution in [3.05, 3.63) is 28.7 Å². The van der Waals surface area contributed by atoms with E-state index in [0.717, 1.165) is 4.47 Å². The zero-order valence-electron chi connectivity index (χ0n) is 8.07. The minimum Gasteiger partial charge on any atom is -0.753 e. The van der Waals surface area contributed by atoms with Gasteiger partial charge in [-0.25, -0.2) is 4.79 Å². The number of carbonyl (C=O) groups excluding carboxylic acids is 1. The van der Waals surface area contributed by atoms with Crippen molar-refractivity contribution in [2.45, 2.75) is 6.92 Å². The van der Waals surface area contributed by atoms with E-state index in [1.54, 1.807) is 19.1 Å². The number of carbonyl (C=O) groups is 1. The quantitative estimate of drug-likeness (QED) is 0.371. The van der Waals surface area contributed by atoms with Gasteiger partial charge in [-0.3, -0.25) is 4.99 Å². The predicted octanol–water partition coefficient (Wildman–Crippen LogP) is 2.59. The first kappa shape index (κ1) is 12.1. The van der Waals surface area contributed by atoms with Crippen LogP contribution in [0.25, 0.3) is 0 Å². The van der Waals surface area contributed by atoms with Crippen LogP contribution in [-0.4, -0.2) is 17.6 Å². The number of hydrogen-bond acceptors (Lipinski definition) is 4. The van der Waals surface area contributed by atoms with Crippen LogP contribution >= 0.6 is 15.9 Å². The van der Waals surface area contributed by atoms with Gasteiger partial charge in [-0.05, 0) is 31.2 Å². The van der Waals surface area contributed by atoms with Gasteiger partial charge in [0.05, 0.1) is 12.3 Å². The van der Waals surface area contributed by atoms with E-state index in [1.165, 1.54) is 0 Å². The van der Waals surface area contributed by atoms with E-state index in [1.807, 2.05) is 12.1 Å². The smallest absolute Gasteiger partial charge is 0.329 e. The average Bonchev–Trinajstić information content (AvgIpc) is 2.22. The summed E-state index contributed by atoms with van der Waals surface area (Å²) in [6.07, 6.45) is 0. The Balaban J connectivity index is 2.78. The van der Waals surface area contributed by atoms with Crippen molar-refractivity contribution >= 4 is 45.3 Å². The van der Waals surface area contributed by atoms with Gasteiger partial charge < -0.3 is 17.4 Å². The molecule has 0 saturated carbocycles. The number of hydrogen-bond donors (Lipinski definition) is 0. The summed E-state index contributed by atoms with van der Waals surface area (Å²) in [6.45, 7) is 2.02. The lowest BCUT2D eigenvalue weighted by Gasteiger charge is -2.09. The maximum Gasteiger partial charge on any atom is 0.329 e. The third-order valence-electron chi connectivity index (χ3n) is 1.51. The molecule has 0 amide bonds. The Morgan fingerprint density at radius 3 is 2.60 bits per heavy atom. The van der Waals surface area contributed by atoms with Gasteiger partial charge in [0.1, 0.15) is 0 Å². The van der Waals surface area contributed by atoms with Crippen LogP contribution in [0.4, 0.5) is 5.69 Å². The molecule has 0 unspecified atom stereocenters. The lowest BCUT2D eigenvalue weighted by molar-refractivity contribution is -0.134. The van der Waals surface area contributed by atoms with E-state index in [9.17, 15) is 4.79 Å². The van der Waals surface area contributed by atoms with E-state index in [0.29, 0.717) is 12.3 Å². The summed E-state index contributed by atoms with van der Waals surface area (Å²) in [5.41, 5.74) is 0.635. The molecule has 0 N–H and O–H groups in total. The molecule has 1 aromatic rings. The highest BCUT2D eigenvalue weighted by molar-refractivity contribution is 9.10. The highest BCUT2D eigenvalue weighted by Crippen LogP contribution is 2.16. The second-order valence-corrected chi connectivity index (χ2v) is 3.92. The standard InChI is InChI=1S/C10H10BrNO2S/c1-2-14-10(13)9(15)12-8-5-3-7(11)4-6-8/h3-6H,2H2,1H3,(H,12,15)/p-1. The largest absolute Gasteiger partial charge is 0.753 e. The van der Waals surface area contributed by atoms with Crippen LogP contribution in [0.3, 0.4) is 0 Å². The van der Waals surface area contributed by atoms with Gasteiger partial charge in [0.15, 0.2) is 0 Å². The summed E-state index contributed by atoms with van der Waals surface area (Å²) in [7, 11) is 0. The van der Waals surface area contributed by atoms with Crippen LogP contribution in [-0.2, 0) is 22.2 Å². The Morgan fingerprint density at radius 2 is 2.07 bits per heavy atom. The van der Waals surface area contributed by atoms with E-state index >= 15 is 0 Å². The van der Waals surface area contributed by atoms with Gasteiger partial charge in [-0.1, -0.05) is 15.9 Å². The van der Waals surface area contributed by atoms with Crippen LogP contribution < -0.4 is 0 Å². The SMILES string of the molecule is CCOC(=O)C([S-])=Nc1ccc(Br)cc1. The van der Waals surface area contributed by atoms with Crippen molar-refractivity contribution in [3.63, 3.8) is 0 Å². The molecule has 1 aromatic carbocycles. The fraction of sp³-hybridized carbons (Fsp3) is 0.200. The molecule has 0 atom stereocenters. The number of aliphatic imine (C=N–C) groups is 1. The summed E-state index contributed by atoms with van der Waals surface area (Å²) >= 11 is 8.10. The van der Waals surface area contributed by atoms with Crippen LogP contribution in [0.15, 0.2) is 33.7 Å². The van der Waals surface area contributed by atoms with E-state index < -0.39 is 5.97 Å². The van der Waals surface area contributed by atoms with Crippen LogP contribution in [0.5, 0.6) is 0 Å². The molecule has 0 aromatic heterocycles. The van der Waals surface area contributed by atoms with E-state index in [-0.39, 0.29) is 5.04 Å².